The summed E-state index contributed by atoms with van der Waals surface area (Å²) in [5.74, 6) is -1.95. The van der Waals surface area contributed by atoms with Crippen LogP contribution in [0.4, 0.5) is 10.1 Å². The Kier molecular flexibility index (Phi) is 3.55. The van der Waals surface area contributed by atoms with Gasteiger partial charge < -0.3 is 20.2 Å². The first kappa shape index (κ1) is 14.5. The third kappa shape index (κ3) is 2.42. The number of benzene rings is 1. The molecule has 0 atom stereocenters. The molecule has 0 radical (unpaired) electrons. The topological polar surface area (TPSA) is 96.9 Å². The number of piperazine rings is 1. The van der Waals surface area contributed by atoms with Crippen LogP contribution in [0.15, 0.2) is 23.1 Å². The van der Waals surface area contributed by atoms with Crippen molar-refractivity contribution in [1.29, 1.82) is 0 Å². The molecule has 1 aliphatic heterocycles. The molecule has 0 saturated carbocycles. The lowest BCUT2D eigenvalue weighted by atomic mass is 10.1. The number of pyridine rings is 1. The van der Waals surface area contributed by atoms with Crippen LogP contribution in [-0.2, 0) is 0 Å². The van der Waals surface area contributed by atoms with Crippen LogP contribution >= 0.6 is 0 Å². The quantitative estimate of drug-likeness (QED) is 0.762. The zero-order chi connectivity index (χ0) is 15.9. The van der Waals surface area contributed by atoms with Gasteiger partial charge in [-0.25, -0.2) is 9.18 Å². The summed E-state index contributed by atoms with van der Waals surface area (Å²) in [6.45, 7) is 1.70. The Bertz CT molecular complexity index is 797. The zero-order valence-electron chi connectivity index (χ0n) is 11.5. The highest BCUT2D eigenvalue weighted by Crippen LogP contribution is 2.24. The monoisotopic (exact) mass is 307 g/mol. The van der Waals surface area contributed by atoms with Crippen LogP contribution in [0.2, 0.25) is 0 Å². The number of hydroxylamine groups is 2. The van der Waals surface area contributed by atoms with E-state index in [4.69, 9.17) is 5.11 Å². The van der Waals surface area contributed by atoms with Crippen LogP contribution in [0.25, 0.3) is 10.9 Å². The number of hydrogen-bond donors (Lipinski definition) is 3. The number of aromatic carboxylic acids is 1. The van der Waals surface area contributed by atoms with E-state index < -0.39 is 22.8 Å². The molecule has 3 rings (SSSR count). The number of carboxylic acids is 1. The largest absolute Gasteiger partial charge is 0.477 e. The van der Waals surface area contributed by atoms with Gasteiger partial charge >= 0.3 is 5.97 Å². The molecule has 0 aliphatic carbocycles. The number of halogens is 1. The molecule has 0 spiro atoms. The summed E-state index contributed by atoms with van der Waals surface area (Å²) in [5.41, 5.74) is -0.447. The molecule has 7 nitrogen and oxygen atoms in total. The van der Waals surface area contributed by atoms with Gasteiger partial charge in [0.15, 0.2) is 0 Å². The van der Waals surface area contributed by atoms with Crippen LogP contribution < -0.4 is 10.3 Å². The first-order valence-electron chi connectivity index (χ1n) is 6.74. The fourth-order valence-electron chi connectivity index (χ4n) is 2.57. The Hall–Kier alpha value is -2.45. The Balaban J connectivity index is 2.08. The number of fused-ring (bicyclic) bond motifs is 1. The molecule has 0 amide bonds. The van der Waals surface area contributed by atoms with Crippen molar-refractivity contribution in [2.75, 3.05) is 31.1 Å². The fraction of sp³-hybridized carbons (Fsp3) is 0.286. The van der Waals surface area contributed by atoms with Gasteiger partial charge in [-0.2, -0.15) is 5.06 Å². The van der Waals surface area contributed by atoms with Crippen LogP contribution in [-0.4, -0.2) is 52.5 Å². The van der Waals surface area contributed by atoms with Crippen molar-refractivity contribution in [3.8, 4) is 0 Å². The lowest BCUT2D eigenvalue weighted by Crippen LogP contribution is -2.45. The summed E-state index contributed by atoms with van der Waals surface area (Å²) in [6, 6.07) is 2.55. The van der Waals surface area contributed by atoms with Crippen molar-refractivity contribution in [2.24, 2.45) is 0 Å². The standard InChI is InChI=1S/C14H14FN3O4/c15-10-5-8-11(16-7-9(13(8)19)14(20)21)6-12(10)17-1-3-18(22)4-2-17/h5-7,22H,1-4H2,(H,16,19)(H,20,21). The second-order valence-electron chi connectivity index (χ2n) is 5.13. The molecule has 1 aliphatic rings. The van der Waals surface area contributed by atoms with Gasteiger partial charge in [0.1, 0.15) is 11.4 Å². The Morgan fingerprint density at radius 3 is 2.55 bits per heavy atom. The summed E-state index contributed by atoms with van der Waals surface area (Å²) >= 11 is 0. The first-order chi connectivity index (χ1) is 10.5. The van der Waals surface area contributed by atoms with Gasteiger partial charge in [-0.3, -0.25) is 4.79 Å². The smallest absolute Gasteiger partial charge is 0.341 e. The average molecular weight is 307 g/mol. The molecule has 22 heavy (non-hydrogen) atoms. The summed E-state index contributed by atoms with van der Waals surface area (Å²) in [4.78, 5) is 27.5. The van der Waals surface area contributed by atoms with Gasteiger partial charge in [0.2, 0.25) is 5.43 Å². The SMILES string of the molecule is O=C(O)c1c[nH]c2cc(N3CCN(O)CC3)c(F)cc2c1=O. The van der Waals surface area contributed by atoms with Crippen molar-refractivity contribution < 1.29 is 19.5 Å². The van der Waals surface area contributed by atoms with E-state index in [0.717, 1.165) is 17.3 Å². The maximum Gasteiger partial charge on any atom is 0.341 e. The van der Waals surface area contributed by atoms with E-state index >= 15 is 0 Å². The van der Waals surface area contributed by atoms with Crippen molar-refractivity contribution in [3.63, 3.8) is 0 Å². The molecule has 2 heterocycles. The van der Waals surface area contributed by atoms with Crippen molar-refractivity contribution in [2.45, 2.75) is 0 Å². The normalized spacial score (nSPS) is 16.2. The van der Waals surface area contributed by atoms with E-state index in [0.29, 0.717) is 37.4 Å². The minimum absolute atomic E-state index is 0.00180. The van der Waals surface area contributed by atoms with Crippen molar-refractivity contribution in [3.05, 3.63) is 39.9 Å². The van der Waals surface area contributed by atoms with Gasteiger partial charge in [-0.15, -0.1) is 0 Å². The number of aromatic amines is 1. The van der Waals surface area contributed by atoms with Gasteiger partial charge in [-0.05, 0) is 12.1 Å². The lowest BCUT2D eigenvalue weighted by molar-refractivity contribution is -0.0936. The Labute approximate surface area is 124 Å². The molecule has 0 bridgehead atoms. The molecule has 1 saturated heterocycles. The van der Waals surface area contributed by atoms with Gasteiger partial charge in [0.05, 0.1) is 11.2 Å². The predicted octanol–water partition coefficient (Wildman–Crippen LogP) is 0.877. The van der Waals surface area contributed by atoms with E-state index in [-0.39, 0.29) is 5.39 Å². The Morgan fingerprint density at radius 1 is 1.23 bits per heavy atom. The predicted molar refractivity (Wildman–Crippen MR) is 77.1 cm³/mol. The van der Waals surface area contributed by atoms with Gasteiger partial charge in [0.25, 0.3) is 0 Å². The highest BCUT2D eigenvalue weighted by molar-refractivity contribution is 5.93. The minimum Gasteiger partial charge on any atom is -0.477 e. The van der Waals surface area contributed by atoms with E-state index in [2.05, 4.69) is 4.98 Å². The van der Waals surface area contributed by atoms with E-state index in [9.17, 15) is 19.2 Å². The maximum atomic E-state index is 14.3. The zero-order valence-corrected chi connectivity index (χ0v) is 11.5. The number of anilines is 1. The lowest BCUT2D eigenvalue weighted by Gasteiger charge is -2.33. The number of rotatable bonds is 2. The third-order valence-corrected chi connectivity index (χ3v) is 3.78. The summed E-state index contributed by atoms with van der Waals surface area (Å²) < 4.78 is 14.3. The number of nitrogens with zero attached hydrogens (tertiary/aromatic N) is 2. The highest BCUT2D eigenvalue weighted by Gasteiger charge is 2.20. The van der Waals surface area contributed by atoms with Crippen LogP contribution in [0.5, 0.6) is 0 Å². The number of carboxylic acid groups (broad SMARTS) is 1. The van der Waals surface area contributed by atoms with Gasteiger partial charge in [-0.1, -0.05) is 0 Å². The maximum absolute atomic E-state index is 14.3. The van der Waals surface area contributed by atoms with E-state index in [1.165, 1.54) is 6.07 Å². The molecule has 1 fully saturated rings. The highest BCUT2D eigenvalue weighted by atomic mass is 19.1. The number of aromatic nitrogens is 1. The number of carbonyl (C=O) groups is 1. The second kappa shape index (κ2) is 5.39. The molecule has 8 heteroatoms. The van der Waals surface area contributed by atoms with Crippen LogP contribution in [0.3, 0.4) is 0 Å². The second-order valence-corrected chi connectivity index (χ2v) is 5.13. The molecule has 1 aromatic heterocycles. The van der Waals surface area contributed by atoms with E-state index in [1.807, 2.05) is 0 Å². The summed E-state index contributed by atoms with van der Waals surface area (Å²) in [5, 5.41) is 19.4. The first-order valence-corrected chi connectivity index (χ1v) is 6.74. The molecule has 2 aromatic rings. The Morgan fingerprint density at radius 2 is 1.91 bits per heavy atom. The number of H-pyrrole nitrogens is 1. The third-order valence-electron chi connectivity index (χ3n) is 3.78. The summed E-state index contributed by atoms with van der Waals surface area (Å²) in [6.07, 6.45) is 1.11. The van der Waals surface area contributed by atoms with Crippen molar-refractivity contribution >= 4 is 22.6 Å². The average Bonchev–Trinajstić information content (AvgIpc) is 2.48. The fourth-order valence-corrected chi connectivity index (χ4v) is 2.57. The number of nitrogens with one attached hydrogen (secondary N) is 1. The minimum atomic E-state index is -1.35. The van der Waals surface area contributed by atoms with Crippen LogP contribution in [0, 0.1) is 5.82 Å². The molecule has 1 aromatic carbocycles. The molecular weight excluding hydrogens is 293 g/mol. The van der Waals surface area contributed by atoms with E-state index in [1.54, 1.807) is 4.90 Å². The molecule has 0 unspecified atom stereocenters. The molecule has 3 N–H and O–H groups in total. The van der Waals surface area contributed by atoms with Crippen LogP contribution in [0.1, 0.15) is 10.4 Å². The van der Waals surface area contributed by atoms with Crippen molar-refractivity contribution in [1.82, 2.24) is 10.0 Å². The molecule has 116 valence electrons. The van der Waals surface area contributed by atoms with Gasteiger partial charge in [0, 0.05) is 37.8 Å². The number of hydrogen-bond acceptors (Lipinski definition) is 5. The molecular formula is C14H14FN3O4. The summed E-state index contributed by atoms with van der Waals surface area (Å²) in [7, 11) is 0.